The highest BCUT2D eigenvalue weighted by Crippen LogP contribution is 2.32. The SMILES string of the molecule is CC(C)C[C@H](O)[C@H](CC1CCCCC1)N(Cc1cscn1)C(=O)CCC(=O)N(CC(=O)N(C)C)[C@@H](C)c1ccccc1. The van der Waals surface area contributed by atoms with Gasteiger partial charge in [0.05, 0.1) is 35.9 Å². The minimum atomic E-state index is -0.655. The van der Waals surface area contributed by atoms with Crippen LogP contribution < -0.4 is 0 Å². The molecule has 1 aliphatic rings. The summed E-state index contributed by atoms with van der Waals surface area (Å²) in [4.78, 5) is 49.6. The van der Waals surface area contributed by atoms with Crippen LogP contribution in [0.3, 0.4) is 0 Å². The number of hydrogen-bond acceptors (Lipinski definition) is 6. The fourth-order valence-corrected chi connectivity index (χ4v) is 6.47. The molecule has 232 valence electrons. The lowest BCUT2D eigenvalue weighted by molar-refractivity contribution is -0.144. The van der Waals surface area contributed by atoms with E-state index in [1.165, 1.54) is 35.5 Å². The van der Waals surface area contributed by atoms with E-state index in [0.29, 0.717) is 18.9 Å². The Morgan fingerprint density at radius 1 is 0.952 bits per heavy atom. The van der Waals surface area contributed by atoms with E-state index in [-0.39, 0.29) is 55.1 Å². The summed E-state index contributed by atoms with van der Waals surface area (Å²) in [6, 6.07) is 8.97. The molecule has 0 saturated heterocycles. The van der Waals surface area contributed by atoms with Gasteiger partial charge in [-0.3, -0.25) is 14.4 Å². The second-order valence-corrected chi connectivity index (χ2v) is 13.1. The number of aliphatic hydroxyl groups is 1. The Kier molecular flexibility index (Phi) is 13.4. The van der Waals surface area contributed by atoms with Gasteiger partial charge in [-0.1, -0.05) is 76.3 Å². The number of carbonyl (C=O) groups excluding carboxylic acids is 3. The van der Waals surface area contributed by atoms with Gasteiger partial charge in [0.15, 0.2) is 0 Å². The van der Waals surface area contributed by atoms with E-state index in [2.05, 4.69) is 18.8 Å². The molecule has 0 aliphatic heterocycles. The zero-order valence-electron chi connectivity index (χ0n) is 26.1. The van der Waals surface area contributed by atoms with Crippen molar-refractivity contribution in [2.45, 2.75) is 103 Å². The summed E-state index contributed by atoms with van der Waals surface area (Å²) >= 11 is 1.48. The predicted molar refractivity (Wildman–Crippen MR) is 168 cm³/mol. The smallest absolute Gasteiger partial charge is 0.241 e. The first kappa shape index (κ1) is 33.7. The number of carbonyl (C=O) groups is 3. The lowest BCUT2D eigenvalue weighted by Crippen LogP contribution is -2.48. The monoisotopic (exact) mass is 598 g/mol. The molecule has 0 unspecified atom stereocenters. The van der Waals surface area contributed by atoms with Gasteiger partial charge in [-0.25, -0.2) is 4.98 Å². The molecule has 3 rings (SSSR count). The van der Waals surface area contributed by atoms with Crippen molar-refractivity contribution in [3.05, 3.63) is 52.5 Å². The van der Waals surface area contributed by atoms with Crippen molar-refractivity contribution in [1.29, 1.82) is 0 Å². The van der Waals surface area contributed by atoms with Crippen LogP contribution in [0.1, 0.15) is 95.9 Å². The van der Waals surface area contributed by atoms with Crippen LogP contribution in [0, 0.1) is 11.8 Å². The number of aromatic nitrogens is 1. The third-order valence-corrected chi connectivity index (χ3v) is 9.06. The number of thiazole rings is 1. The van der Waals surface area contributed by atoms with E-state index in [1.54, 1.807) is 29.4 Å². The van der Waals surface area contributed by atoms with Crippen molar-refractivity contribution in [1.82, 2.24) is 19.7 Å². The summed E-state index contributed by atoms with van der Waals surface area (Å²) in [5.74, 6) is 0.180. The third-order valence-electron chi connectivity index (χ3n) is 8.42. The average Bonchev–Trinajstić information content (AvgIpc) is 3.49. The lowest BCUT2D eigenvalue weighted by atomic mass is 9.82. The maximum Gasteiger partial charge on any atom is 0.241 e. The molecule has 42 heavy (non-hydrogen) atoms. The van der Waals surface area contributed by atoms with Gasteiger partial charge in [0.2, 0.25) is 17.7 Å². The Labute approximate surface area is 256 Å². The highest BCUT2D eigenvalue weighted by Gasteiger charge is 2.34. The van der Waals surface area contributed by atoms with Crippen LogP contribution in [0.5, 0.6) is 0 Å². The number of nitrogens with zero attached hydrogens (tertiary/aromatic N) is 4. The first-order valence-corrected chi connectivity index (χ1v) is 16.4. The Morgan fingerprint density at radius 3 is 2.17 bits per heavy atom. The van der Waals surface area contributed by atoms with E-state index < -0.39 is 6.10 Å². The van der Waals surface area contributed by atoms with Crippen molar-refractivity contribution >= 4 is 29.1 Å². The number of amides is 3. The normalized spacial score (nSPS) is 16.1. The topological polar surface area (TPSA) is 94.0 Å². The molecule has 1 N–H and O–H groups in total. The molecule has 3 amide bonds. The summed E-state index contributed by atoms with van der Waals surface area (Å²) in [6.45, 7) is 6.34. The van der Waals surface area contributed by atoms with Gasteiger partial charge >= 0.3 is 0 Å². The molecular formula is C33H50N4O4S. The molecular weight excluding hydrogens is 548 g/mol. The number of hydrogen-bond donors (Lipinski definition) is 1. The molecule has 8 nitrogen and oxygen atoms in total. The summed E-state index contributed by atoms with van der Waals surface area (Å²) < 4.78 is 0. The second-order valence-electron chi connectivity index (χ2n) is 12.4. The van der Waals surface area contributed by atoms with Gasteiger partial charge in [0.1, 0.15) is 6.54 Å². The van der Waals surface area contributed by atoms with Gasteiger partial charge in [0, 0.05) is 32.3 Å². The Balaban J connectivity index is 1.82. The first-order valence-electron chi connectivity index (χ1n) is 15.5. The molecule has 1 fully saturated rings. The lowest BCUT2D eigenvalue weighted by Gasteiger charge is -2.38. The number of likely N-dealkylation sites (N-methyl/N-ethyl adjacent to an activating group) is 1. The minimum Gasteiger partial charge on any atom is -0.391 e. The molecule has 3 atom stereocenters. The number of benzene rings is 1. The van der Waals surface area contributed by atoms with E-state index in [4.69, 9.17) is 0 Å². The highest BCUT2D eigenvalue weighted by atomic mass is 32.1. The second kappa shape index (κ2) is 16.8. The summed E-state index contributed by atoms with van der Waals surface area (Å²) in [5, 5.41) is 13.4. The van der Waals surface area contributed by atoms with Gasteiger partial charge < -0.3 is 19.8 Å². The maximum atomic E-state index is 14.0. The molecule has 1 aromatic heterocycles. The zero-order valence-corrected chi connectivity index (χ0v) is 26.9. The van der Waals surface area contributed by atoms with Crippen LogP contribution in [0.15, 0.2) is 41.2 Å². The van der Waals surface area contributed by atoms with Crippen LogP contribution in [0.25, 0.3) is 0 Å². The van der Waals surface area contributed by atoms with Gasteiger partial charge in [-0.05, 0) is 37.2 Å². The molecule has 0 spiro atoms. The molecule has 1 heterocycles. The zero-order chi connectivity index (χ0) is 30.6. The number of rotatable bonds is 15. The average molecular weight is 599 g/mol. The van der Waals surface area contributed by atoms with Crippen molar-refractivity contribution in [2.75, 3.05) is 20.6 Å². The summed E-state index contributed by atoms with van der Waals surface area (Å²) in [7, 11) is 3.35. The van der Waals surface area contributed by atoms with Crippen LogP contribution in [-0.2, 0) is 20.9 Å². The van der Waals surface area contributed by atoms with Crippen LogP contribution >= 0.6 is 11.3 Å². The van der Waals surface area contributed by atoms with Crippen molar-refractivity contribution in [3.8, 4) is 0 Å². The van der Waals surface area contributed by atoms with Crippen LogP contribution in [-0.4, -0.2) is 75.3 Å². The Morgan fingerprint density at radius 2 is 1.60 bits per heavy atom. The van der Waals surface area contributed by atoms with Crippen molar-refractivity contribution in [3.63, 3.8) is 0 Å². The first-order chi connectivity index (χ1) is 20.1. The Bertz CT molecular complexity index is 1100. The summed E-state index contributed by atoms with van der Waals surface area (Å²) in [5.41, 5.74) is 3.48. The van der Waals surface area contributed by atoms with Crippen molar-refractivity contribution < 1.29 is 19.5 Å². The fourth-order valence-electron chi connectivity index (χ4n) is 5.92. The molecule has 0 bridgehead atoms. The van der Waals surface area contributed by atoms with E-state index in [1.807, 2.05) is 42.6 Å². The summed E-state index contributed by atoms with van der Waals surface area (Å²) in [6.07, 6.45) is 6.56. The Hall–Kier alpha value is -2.78. The third kappa shape index (κ3) is 10.2. The standard InChI is InChI=1S/C33H50N4O4S/c1-24(2)18-30(38)29(19-26-12-8-6-9-13-26)37(20-28-22-42-23-34-28)32(40)17-16-31(39)36(21-33(41)35(4)5)25(3)27-14-10-7-11-15-27/h7,10-11,14-15,22-26,29-30,38H,6,8-9,12-13,16-21H2,1-5H3/t25-,29-,30-/m0/s1. The predicted octanol–water partition coefficient (Wildman–Crippen LogP) is 5.68. The molecule has 2 aromatic rings. The van der Waals surface area contributed by atoms with Gasteiger partial charge in [-0.15, -0.1) is 11.3 Å². The molecule has 0 radical (unpaired) electrons. The minimum absolute atomic E-state index is 0.00665. The van der Waals surface area contributed by atoms with E-state index in [0.717, 1.165) is 30.5 Å². The van der Waals surface area contributed by atoms with E-state index in [9.17, 15) is 19.5 Å². The van der Waals surface area contributed by atoms with Crippen molar-refractivity contribution in [2.24, 2.45) is 11.8 Å². The highest BCUT2D eigenvalue weighted by molar-refractivity contribution is 7.07. The van der Waals surface area contributed by atoms with Gasteiger partial charge in [-0.2, -0.15) is 0 Å². The largest absolute Gasteiger partial charge is 0.391 e. The fraction of sp³-hybridized carbons (Fsp3) is 0.636. The van der Waals surface area contributed by atoms with Crippen LogP contribution in [0.4, 0.5) is 0 Å². The van der Waals surface area contributed by atoms with E-state index >= 15 is 0 Å². The maximum absolute atomic E-state index is 14.0. The van der Waals surface area contributed by atoms with Crippen LogP contribution in [0.2, 0.25) is 0 Å². The molecule has 1 aromatic carbocycles. The quantitative estimate of drug-likeness (QED) is 0.285. The van der Waals surface area contributed by atoms with Gasteiger partial charge in [0.25, 0.3) is 0 Å². The molecule has 1 saturated carbocycles. The number of aliphatic hydroxyl groups excluding tert-OH is 1. The molecule has 1 aliphatic carbocycles. The molecule has 9 heteroatoms.